The van der Waals surface area contributed by atoms with Gasteiger partial charge in [0.05, 0.1) is 31.8 Å². The number of nitrogens with zero attached hydrogens (tertiary/aromatic N) is 1. The number of carbonyl (C=O) groups is 1. The molecule has 0 spiro atoms. The molecule has 0 bridgehead atoms. The van der Waals surface area contributed by atoms with Gasteiger partial charge >= 0.3 is 0 Å². The molecule has 6 nitrogen and oxygen atoms in total. The summed E-state index contributed by atoms with van der Waals surface area (Å²) < 4.78 is 10.6. The summed E-state index contributed by atoms with van der Waals surface area (Å²) in [6.07, 6.45) is 0. The number of aromatic amines is 1. The zero-order valence-corrected chi connectivity index (χ0v) is 13.8. The van der Waals surface area contributed by atoms with Gasteiger partial charge < -0.3 is 19.8 Å². The van der Waals surface area contributed by atoms with Gasteiger partial charge in [0.1, 0.15) is 17.3 Å². The van der Waals surface area contributed by atoms with E-state index in [2.05, 4.69) is 15.3 Å². The Balaban J connectivity index is 1.77. The number of imidazole rings is 1. The lowest BCUT2D eigenvalue weighted by molar-refractivity contribution is 0.0949. The van der Waals surface area contributed by atoms with Crippen molar-refractivity contribution in [2.45, 2.75) is 13.5 Å². The molecule has 0 unspecified atom stereocenters. The van der Waals surface area contributed by atoms with E-state index < -0.39 is 0 Å². The van der Waals surface area contributed by atoms with Crippen LogP contribution < -0.4 is 14.8 Å². The van der Waals surface area contributed by atoms with Crippen LogP contribution in [0, 0.1) is 6.92 Å². The smallest absolute Gasteiger partial charge is 0.251 e. The summed E-state index contributed by atoms with van der Waals surface area (Å²) in [5.41, 5.74) is 3.15. The highest BCUT2D eigenvalue weighted by atomic mass is 16.5. The van der Waals surface area contributed by atoms with Crippen molar-refractivity contribution in [2.75, 3.05) is 14.2 Å². The summed E-state index contributed by atoms with van der Waals surface area (Å²) in [5.74, 6) is 1.72. The first-order valence-electron chi connectivity index (χ1n) is 7.57. The maximum Gasteiger partial charge on any atom is 0.251 e. The van der Waals surface area contributed by atoms with Crippen molar-refractivity contribution < 1.29 is 14.3 Å². The van der Waals surface area contributed by atoms with Crippen molar-refractivity contribution in [3.63, 3.8) is 0 Å². The van der Waals surface area contributed by atoms with Crippen molar-refractivity contribution in [3.05, 3.63) is 53.3 Å². The van der Waals surface area contributed by atoms with Crippen molar-refractivity contribution >= 4 is 16.9 Å². The van der Waals surface area contributed by atoms with Gasteiger partial charge in [-0.05, 0) is 31.2 Å². The Kier molecular flexibility index (Phi) is 4.37. The molecular formula is C18H19N3O3. The molecule has 0 saturated heterocycles. The van der Waals surface area contributed by atoms with Gasteiger partial charge in [0.25, 0.3) is 5.91 Å². The lowest BCUT2D eigenvalue weighted by atomic mass is 10.1. The molecule has 24 heavy (non-hydrogen) atoms. The van der Waals surface area contributed by atoms with Crippen LogP contribution in [-0.4, -0.2) is 30.1 Å². The Hall–Kier alpha value is -3.02. The van der Waals surface area contributed by atoms with Crippen LogP contribution in [0.2, 0.25) is 0 Å². The van der Waals surface area contributed by atoms with Gasteiger partial charge in [0.2, 0.25) is 0 Å². The fraction of sp³-hybridized carbons (Fsp3) is 0.222. The molecule has 2 aromatic carbocycles. The third-order valence-corrected chi connectivity index (χ3v) is 3.87. The van der Waals surface area contributed by atoms with E-state index in [1.807, 2.05) is 31.2 Å². The van der Waals surface area contributed by atoms with Crippen LogP contribution in [0.4, 0.5) is 0 Å². The number of aromatic nitrogens is 2. The molecule has 3 aromatic rings. The number of nitrogens with one attached hydrogen (secondary N) is 2. The van der Waals surface area contributed by atoms with Crippen molar-refractivity contribution in [3.8, 4) is 11.5 Å². The average Bonchev–Trinajstić information content (AvgIpc) is 3.02. The predicted molar refractivity (Wildman–Crippen MR) is 91.5 cm³/mol. The van der Waals surface area contributed by atoms with Crippen LogP contribution in [0.1, 0.15) is 21.7 Å². The molecule has 0 fully saturated rings. The largest absolute Gasteiger partial charge is 0.496 e. The minimum absolute atomic E-state index is 0.216. The summed E-state index contributed by atoms with van der Waals surface area (Å²) in [5, 5.41) is 2.85. The van der Waals surface area contributed by atoms with E-state index in [1.165, 1.54) is 0 Å². The quantitative estimate of drug-likeness (QED) is 0.756. The lowest BCUT2D eigenvalue weighted by Gasteiger charge is -2.12. The van der Waals surface area contributed by atoms with Gasteiger partial charge in [-0.25, -0.2) is 4.98 Å². The molecule has 3 rings (SSSR count). The fourth-order valence-corrected chi connectivity index (χ4v) is 2.57. The maximum absolute atomic E-state index is 12.4. The normalized spacial score (nSPS) is 10.6. The van der Waals surface area contributed by atoms with Crippen LogP contribution >= 0.6 is 0 Å². The minimum atomic E-state index is -0.216. The molecular weight excluding hydrogens is 306 g/mol. The van der Waals surface area contributed by atoms with Crippen molar-refractivity contribution in [1.82, 2.24) is 15.3 Å². The Bertz CT molecular complexity index is 828. The second-order valence-electron chi connectivity index (χ2n) is 5.39. The third-order valence-electron chi connectivity index (χ3n) is 3.87. The number of benzene rings is 2. The second kappa shape index (κ2) is 6.62. The van der Waals surface area contributed by atoms with Gasteiger partial charge in [-0.1, -0.05) is 12.1 Å². The van der Waals surface area contributed by atoms with E-state index in [-0.39, 0.29) is 5.91 Å². The summed E-state index contributed by atoms with van der Waals surface area (Å²) in [7, 11) is 3.13. The Morgan fingerprint density at radius 2 is 1.83 bits per heavy atom. The number of rotatable bonds is 5. The Morgan fingerprint density at radius 3 is 2.46 bits per heavy atom. The number of para-hydroxylation sites is 2. The zero-order chi connectivity index (χ0) is 17.1. The molecule has 0 saturated carbocycles. The second-order valence-corrected chi connectivity index (χ2v) is 5.39. The number of hydrogen-bond donors (Lipinski definition) is 2. The van der Waals surface area contributed by atoms with Gasteiger partial charge in [-0.15, -0.1) is 0 Å². The van der Waals surface area contributed by atoms with E-state index in [9.17, 15) is 4.79 Å². The number of hydrogen-bond acceptors (Lipinski definition) is 4. The Labute approximate surface area is 139 Å². The first-order chi connectivity index (χ1) is 11.6. The molecule has 2 N–H and O–H groups in total. The van der Waals surface area contributed by atoms with Gasteiger partial charge in [-0.2, -0.15) is 0 Å². The Morgan fingerprint density at radius 1 is 1.17 bits per heavy atom. The highest BCUT2D eigenvalue weighted by Gasteiger charge is 2.14. The van der Waals surface area contributed by atoms with Crippen LogP contribution in [0.3, 0.4) is 0 Å². The average molecular weight is 325 g/mol. The molecule has 1 heterocycles. The predicted octanol–water partition coefficient (Wildman–Crippen LogP) is 2.82. The van der Waals surface area contributed by atoms with E-state index in [0.717, 1.165) is 16.6 Å². The fourth-order valence-electron chi connectivity index (χ4n) is 2.57. The number of carbonyl (C=O) groups excluding carboxylic acids is 1. The molecule has 0 aliphatic carbocycles. The van der Waals surface area contributed by atoms with E-state index in [1.54, 1.807) is 26.4 Å². The summed E-state index contributed by atoms with van der Waals surface area (Å²) in [6, 6.07) is 11.1. The number of amides is 1. The van der Waals surface area contributed by atoms with Crippen LogP contribution in [0.15, 0.2) is 36.4 Å². The summed E-state index contributed by atoms with van der Waals surface area (Å²) in [6.45, 7) is 2.19. The zero-order valence-electron chi connectivity index (χ0n) is 13.8. The summed E-state index contributed by atoms with van der Waals surface area (Å²) in [4.78, 5) is 20.0. The molecule has 1 amide bonds. The van der Waals surface area contributed by atoms with E-state index >= 15 is 0 Å². The van der Waals surface area contributed by atoms with Crippen molar-refractivity contribution in [2.24, 2.45) is 0 Å². The van der Waals surface area contributed by atoms with Crippen LogP contribution in [0.5, 0.6) is 11.5 Å². The SMILES string of the molecule is COc1cc(C(=O)NCc2nc3ccccc3[nH]2)cc(OC)c1C. The number of ether oxygens (including phenoxy) is 2. The summed E-state index contributed by atoms with van der Waals surface area (Å²) >= 11 is 0. The van der Waals surface area contributed by atoms with E-state index in [4.69, 9.17) is 9.47 Å². The van der Waals surface area contributed by atoms with Crippen LogP contribution in [0.25, 0.3) is 11.0 Å². The van der Waals surface area contributed by atoms with Gasteiger partial charge in [-0.3, -0.25) is 4.79 Å². The molecule has 0 aliphatic rings. The molecule has 1 aromatic heterocycles. The molecule has 0 atom stereocenters. The molecule has 124 valence electrons. The topological polar surface area (TPSA) is 76.2 Å². The first-order valence-corrected chi connectivity index (χ1v) is 7.57. The van der Waals surface area contributed by atoms with Crippen LogP contribution in [-0.2, 0) is 6.54 Å². The van der Waals surface area contributed by atoms with Crippen molar-refractivity contribution in [1.29, 1.82) is 0 Å². The highest BCUT2D eigenvalue weighted by molar-refractivity contribution is 5.95. The molecule has 6 heteroatoms. The first kappa shape index (κ1) is 15.9. The standard InChI is InChI=1S/C18H19N3O3/c1-11-15(23-2)8-12(9-16(11)24-3)18(22)19-10-17-20-13-6-4-5-7-14(13)21-17/h4-9H,10H2,1-3H3,(H,19,22)(H,20,21). The number of fused-ring (bicyclic) bond motifs is 1. The van der Waals surface area contributed by atoms with Gasteiger partial charge in [0.15, 0.2) is 0 Å². The minimum Gasteiger partial charge on any atom is -0.496 e. The monoisotopic (exact) mass is 325 g/mol. The highest BCUT2D eigenvalue weighted by Crippen LogP contribution is 2.29. The third kappa shape index (κ3) is 3.03. The number of methoxy groups -OCH3 is 2. The lowest BCUT2D eigenvalue weighted by Crippen LogP contribution is -2.23. The number of H-pyrrole nitrogens is 1. The molecule has 0 aliphatic heterocycles. The van der Waals surface area contributed by atoms with Gasteiger partial charge in [0, 0.05) is 11.1 Å². The van der Waals surface area contributed by atoms with E-state index in [0.29, 0.717) is 29.4 Å². The molecule has 0 radical (unpaired) electrons. The maximum atomic E-state index is 12.4.